The maximum atomic E-state index is 11.5. The highest BCUT2D eigenvalue weighted by Crippen LogP contribution is 2.20. The SMILES string of the molecule is CC(C)COC(=O)c1ccc(Br)c(N)c1. The van der Waals surface area contributed by atoms with Gasteiger partial charge in [0.25, 0.3) is 0 Å². The summed E-state index contributed by atoms with van der Waals surface area (Å²) in [6.07, 6.45) is 0. The van der Waals surface area contributed by atoms with E-state index in [0.29, 0.717) is 23.8 Å². The number of ether oxygens (including phenoxy) is 1. The van der Waals surface area contributed by atoms with E-state index in [4.69, 9.17) is 10.5 Å². The van der Waals surface area contributed by atoms with Crippen LogP contribution in [0, 0.1) is 5.92 Å². The van der Waals surface area contributed by atoms with Crippen molar-refractivity contribution in [2.45, 2.75) is 13.8 Å². The van der Waals surface area contributed by atoms with Gasteiger partial charge in [-0.15, -0.1) is 0 Å². The Hall–Kier alpha value is -1.03. The fraction of sp³-hybridized carbons (Fsp3) is 0.364. The molecule has 3 nitrogen and oxygen atoms in total. The Kier molecular flexibility index (Phi) is 4.15. The van der Waals surface area contributed by atoms with Crippen molar-refractivity contribution in [3.05, 3.63) is 28.2 Å². The van der Waals surface area contributed by atoms with Gasteiger partial charge < -0.3 is 10.5 Å². The third kappa shape index (κ3) is 3.55. The first-order chi connectivity index (χ1) is 7.00. The molecule has 0 amide bonds. The van der Waals surface area contributed by atoms with Crippen molar-refractivity contribution >= 4 is 27.6 Å². The van der Waals surface area contributed by atoms with Gasteiger partial charge in [0.05, 0.1) is 12.2 Å². The first kappa shape index (κ1) is 12.0. The molecule has 0 spiro atoms. The zero-order valence-corrected chi connectivity index (χ0v) is 10.4. The van der Waals surface area contributed by atoms with Crippen LogP contribution in [0.4, 0.5) is 5.69 Å². The van der Waals surface area contributed by atoms with Crippen molar-refractivity contribution in [1.82, 2.24) is 0 Å². The van der Waals surface area contributed by atoms with E-state index in [0.717, 1.165) is 4.47 Å². The predicted octanol–water partition coefficient (Wildman–Crippen LogP) is 2.84. The molecule has 0 aliphatic rings. The van der Waals surface area contributed by atoms with Crippen LogP contribution in [0.15, 0.2) is 22.7 Å². The van der Waals surface area contributed by atoms with Crippen LogP contribution in [0.5, 0.6) is 0 Å². The summed E-state index contributed by atoms with van der Waals surface area (Å²) in [5.74, 6) is 0.00430. The molecule has 0 aromatic heterocycles. The maximum Gasteiger partial charge on any atom is 0.338 e. The second kappa shape index (κ2) is 5.16. The number of hydrogen-bond donors (Lipinski definition) is 1. The van der Waals surface area contributed by atoms with Crippen molar-refractivity contribution in [3.8, 4) is 0 Å². The molecule has 82 valence electrons. The number of nitrogen functional groups attached to an aromatic ring is 1. The smallest absolute Gasteiger partial charge is 0.338 e. The number of benzene rings is 1. The minimum atomic E-state index is -0.331. The Labute approximate surface area is 97.7 Å². The molecule has 2 N–H and O–H groups in total. The quantitative estimate of drug-likeness (QED) is 0.680. The Morgan fingerprint density at radius 2 is 2.20 bits per heavy atom. The Balaban J connectivity index is 2.70. The zero-order chi connectivity index (χ0) is 11.4. The van der Waals surface area contributed by atoms with Gasteiger partial charge in [0.2, 0.25) is 0 Å². The highest BCUT2D eigenvalue weighted by Gasteiger charge is 2.09. The van der Waals surface area contributed by atoms with Crippen molar-refractivity contribution in [2.75, 3.05) is 12.3 Å². The number of esters is 1. The molecular weight excluding hydrogens is 258 g/mol. The molecule has 0 aliphatic carbocycles. The fourth-order valence-corrected chi connectivity index (χ4v) is 1.24. The summed E-state index contributed by atoms with van der Waals surface area (Å²) in [6, 6.07) is 5.02. The molecule has 0 atom stereocenters. The van der Waals surface area contributed by atoms with E-state index in [1.165, 1.54) is 0 Å². The molecule has 1 aromatic rings. The molecule has 1 rings (SSSR count). The lowest BCUT2D eigenvalue weighted by Crippen LogP contribution is -2.10. The van der Waals surface area contributed by atoms with Gasteiger partial charge in [0, 0.05) is 10.2 Å². The average molecular weight is 272 g/mol. The van der Waals surface area contributed by atoms with E-state index >= 15 is 0 Å². The first-order valence-electron chi connectivity index (χ1n) is 4.73. The lowest BCUT2D eigenvalue weighted by atomic mass is 10.2. The van der Waals surface area contributed by atoms with Gasteiger partial charge in [-0.2, -0.15) is 0 Å². The lowest BCUT2D eigenvalue weighted by molar-refractivity contribution is 0.0459. The van der Waals surface area contributed by atoms with E-state index in [-0.39, 0.29) is 5.97 Å². The van der Waals surface area contributed by atoms with E-state index in [1.807, 2.05) is 13.8 Å². The van der Waals surface area contributed by atoms with Crippen LogP contribution < -0.4 is 5.73 Å². The minimum absolute atomic E-state index is 0.331. The van der Waals surface area contributed by atoms with Crippen LogP contribution in [0.2, 0.25) is 0 Å². The largest absolute Gasteiger partial charge is 0.462 e. The van der Waals surface area contributed by atoms with Crippen LogP contribution in [0.1, 0.15) is 24.2 Å². The topological polar surface area (TPSA) is 52.3 Å². The predicted molar refractivity (Wildman–Crippen MR) is 63.7 cm³/mol. The van der Waals surface area contributed by atoms with Gasteiger partial charge in [-0.05, 0) is 40.0 Å². The molecule has 0 radical (unpaired) electrons. The summed E-state index contributed by atoms with van der Waals surface area (Å²) in [4.78, 5) is 11.5. The molecule has 15 heavy (non-hydrogen) atoms. The Morgan fingerprint density at radius 1 is 1.53 bits per heavy atom. The molecule has 0 bridgehead atoms. The van der Waals surface area contributed by atoms with Gasteiger partial charge in [-0.25, -0.2) is 4.79 Å². The van der Waals surface area contributed by atoms with Crippen molar-refractivity contribution in [3.63, 3.8) is 0 Å². The van der Waals surface area contributed by atoms with Gasteiger partial charge in [-0.1, -0.05) is 13.8 Å². The van der Waals surface area contributed by atoms with Crippen LogP contribution in [-0.2, 0) is 4.74 Å². The van der Waals surface area contributed by atoms with Crippen molar-refractivity contribution in [1.29, 1.82) is 0 Å². The maximum absolute atomic E-state index is 11.5. The van der Waals surface area contributed by atoms with Crippen molar-refractivity contribution < 1.29 is 9.53 Å². The molecule has 0 saturated heterocycles. The summed E-state index contributed by atoms with van der Waals surface area (Å²) in [5.41, 5.74) is 6.68. The molecule has 0 fully saturated rings. The third-order valence-corrected chi connectivity index (χ3v) is 2.50. The number of anilines is 1. The molecule has 0 aliphatic heterocycles. The standard InChI is InChI=1S/C11H14BrNO2/c1-7(2)6-15-11(14)8-3-4-9(12)10(13)5-8/h3-5,7H,6,13H2,1-2H3. The van der Waals surface area contributed by atoms with E-state index in [2.05, 4.69) is 15.9 Å². The van der Waals surface area contributed by atoms with Crippen LogP contribution in [-0.4, -0.2) is 12.6 Å². The lowest BCUT2D eigenvalue weighted by Gasteiger charge is -2.07. The summed E-state index contributed by atoms with van der Waals surface area (Å²) in [5, 5.41) is 0. The molecule has 1 aromatic carbocycles. The van der Waals surface area contributed by atoms with E-state index in [9.17, 15) is 4.79 Å². The van der Waals surface area contributed by atoms with Gasteiger partial charge in [0.1, 0.15) is 0 Å². The number of carbonyl (C=O) groups excluding carboxylic acids is 1. The van der Waals surface area contributed by atoms with Crippen molar-refractivity contribution in [2.24, 2.45) is 5.92 Å². The zero-order valence-electron chi connectivity index (χ0n) is 8.79. The van der Waals surface area contributed by atoms with Crippen LogP contribution in [0.25, 0.3) is 0 Å². The molecular formula is C11H14BrNO2. The first-order valence-corrected chi connectivity index (χ1v) is 5.52. The highest BCUT2D eigenvalue weighted by atomic mass is 79.9. The van der Waals surface area contributed by atoms with Gasteiger partial charge >= 0.3 is 5.97 Å². The summed E-state index contributed by atoms with van der Waals surface area (Å²) < 4.78 is 5.86. The summed E-state index contributed by atoms with van der Waals surface area (Å²) in [6.45, 7) is 4.40. The Bertz CT molecular complexity index is 364. The number of hydrogen-bond acceptors (Lipinski definition) is 3. The molecule has 0 unspecified atom stereocenters. The number of halogens is 1. The fourth-order valence-electron chi connectivity index (χ4n) is 0.996. The third-order valence-electron chi connectivity index (χ3n) is 1.78. The van der Waals surface area contributed by atoms with E-state index in [1.54, 1.807) is 18.2 Å². The Morgan fingerprint density at radius 3 is 2.73 bits per heavy atom. The minimum Gasteiger partial charge on any atom is -0.462 e. The van der Waals surface area contributed by atoms with Gasteiger partial charge in [-0.3, -0.25) is 0 Å². The number of rotatable bonds is 3. The second-order valence-electron chi connectivity index (χ2n) is 3.73. The summed E-state index contributed by atoms with van der Waals surface area (Å²) in [7, 11) is 0. The normalized spacial score (nSPS) is 10.4. The van der Waals surface area contributed by atoms with Gasteiger partial charge in [0.15, 0.2) is 0 Å². The molecule has 4 heteroatoms. The second-order valence-corrected chi connectivity index (χ2v) is 4.58. The average Bonchev–Trinajstić information content (AvgIpc) is 2.18. The summed E-state index contributed by atoms with van der Waals surface area (Å²) >= 11 is 3.26. The van der Waals surface area contributed by atoms with E-state index < -0.39 is 0 Å². The number of nitrogens with two attached hydrogens (primary N) is 1. The number of carbonyl (C=O) groups is 1. The van der Waals surface area contributed by atoms with Crippen LogP contribution >= 0.6 is 15.9 Å². The monoisotopic (exact) mass is 271 g/mol. The highest BCUT2D eigenvalue weighted by molar-refractivity contribution is 9.10. The molecule has 0 saturated carbocycles. The molecule has 0 heterocycles. The van der Waals surface area contributed by atoms with Crippen LogP contribution in [0.3, 0.4) is 0 Å².